The van der Waals surface area contributed by atoms with Gasteiger partial charge in [0.25, 0.3) is 5.91 Å². The number of carbonyl (C=O) groups is 1. The highest BCUT2D eigenvalue weighted by atomic mass is 35.5. The lowest BCUT2D eigenvalue weighted by atomic mass is 10.2. The van der Waals surface area contributed by atoms with Gasteiger partial charge in [-0.2, -0.15) is 4.68 Å². The van der Waals surface area contributed by atoms with E-state index in [0.29, 0.717) is 35.3 Å². The van der Waals surface area contributed by atoms with E-state index in [9.17, 15) is 4.79 Å². The van der Waals surface area contributed by atoms with Gasteiger partial charge in [0.15, 0.2) is 0 Å². The maximum atomic E-state index is 12.9. The SMILES string of the molecule is O=C(c1sccc1-n1cnnn1)N1CCN(CCOc2ccccc2Cl)CC1. The Bertz CT molecular complexity index is 924. The molecule has 1 aliphatic rings. The number of hydrogen-bond acceptors (Lipinski definition) is 7. The summed E-state index contributed by atoms with van der Waals surface area (Å²) in [4.78, 5) is 17.7. The lowest BCUT2D eigenvalue weighted by molar-refractivity contribution is 0.0625. The van der Waals surface area contributed by atoms with Gasteiger partial charge in [0.2, 0.25) is 0 Å². The Morgan fingerprint density at radius 2 is 2.00 bits per heavy atom. The van der Waals surface area contributed by atoms with Crippen molar-refractivity contribution in [1.29, 1.82) is 0 Å². The molecule has 0 radical (unpaired) electrons. The van der Waals surface area contributed by atoms with Crippen LogP contribution in [0, 0.1) is 0 Å². The molecule has 4 rings (SSSR count). The van der Waals surface area contributed by atoms with Crippen molar-refractivity contribution >= 4 is 28.8 Å². The average molecular weight is 419 g/mol. The predicted octanol–water partition coefficient (Wildman–Crippen LogP) is 2.21. The van der Waals surface area contributed by atoms with Crippen molar-refractivity contribution < 1.29 is 9.53 Å². The third-order valence-electron chi connectivity index (χ3n) is 4.60. The minimum atomic E-state index is 0.0208. The van der Waals surface area contributed by atoms with Crippen LogP contribution < -0.4 is 4.74 Å². The standard InChI is InChI=1S/C18H19ClN6O2S/c19-14-3-1-2-4-16(14)27-11-10-23-6-8-24(9-7-23)18(26)17-15(5-12-28-17)25-13-20-21-22-25/h1-5,12-13H,6-11H2. The summed E-state index contributed by atoms with van der Waals surface area (Å²) in [6.07, 6.45) is 1.50. The number of nitrogens with zero attached hydrogens (tertiary/aromatic N) is 6. The normalized spacial score (nSPS) is 15.0. The number of aromatic nitrogens is 4. The number of piperazine rings is 1. The van der Waals surface area contributed by atoms with Crippen LogP contribution in [0.1, 0.15) is 9.67 Å². The number of amides is 1. The van der Waals surface area contributed by atoms with Gasteiger partial charge < -0.3 is 9.64 Å². The van der Waals surface area contributed by atoms with Crippen LogP contribution in [0.2, 0.25) is 5.02 Å². The number of benzene rings is 1. The summed E-state index contributed by atoms with van der Waals surface area (Å²) in [6, 6.07) is 9.32. The number of ether oxygens (including phenoxy) is 1. The van der Waals surface area contributed by atoms with Gasteiger partial charge in [0, 0.05) is 32.7 Å². The molecule has 1 saturated heterocycles. The van der Waals surface area contributed by atoms with Gasteiger partial charge in [-0.15, -0.1) is 16.4 Å². The highest BCUT2D eigenvalue weighted by Gasteiger charge is 2.25. The van der Waals surface area contributed by atoms with Crippen LogP contribution in [0.25, 0.3) is 5.69 Å². The topological polar surface area (TPSA) is 76.4 Å². The van der Waals surface area contributed by atoms with Crippen molar-refractivity contribution in [3.05, 3.63) is 51.9 Å². The van der Waals surface area contributed by atoms with E-state index in [1.807, 2.05) is 40.6 Å². The van der Waals surface area contributed by atoms with Gasteiger partial charge in [0.05, 0.1) is 10.7 Å². The van der Waals surface area contributed by atoms with Crippen LogP contribution in [0.15, 0.2) is 42.0 Å². The molecule has 1 aromatic carbocycles. The summed E-state index contributed by atoms with van der Waals surface area (Å²) in [5, 5.41) is 13.7. The van der Waals surface area contributed by atoms with Crippen LogP contribution in [0.5, 0.6) is 5.75 Å². The van der Waals surface area contributed by atoms with Gasteiger partial charge in [-0.3, -0.25) is 9.69 Å². The Morgan fingerprint density at radius 1 is 1.18 bits per heavy atom. The van der Waals surface area contributed by atoms with E-state index in [2.05, 4.69) is 20.4 Å². The average Bonchev–Trinajstić information content (AvgIpc) is 3.41. The Labute approximate surface area is 171 Å². The van der Waals surface area contributed by atoms with Crippen molar-refractivity contribution in [3.63, 3.8) is 0 Å². The number of thiophene rings is 1. The molecule has 146 valence electrons. The first-order valence-electron chi connectivity index (χ1n) is 8.92. The molecule has 2 aromatic heterocycles. The molecule has 10 heteroatoms. The molecule has 1 amide bonds. The van der Waals surface area contributed by atoms with Crippen molar-refractivity contribution in [3.8, 4) is 11.4 Å². The minimum Gasteiger partial charge on any atom is -0.491 e. The second-order valence-electron chi connectivity index (χ2n) is 6.30. The van der Waals surface area contributed by atoms with Gasteiger partial charge in [-0.05, 0) is 34.0 Å². The van der Waals surface area contributed by atoms with Gasteiger partial charge in [-0.1, -0.05) is 23.7 Å². The molecule has 0 saturated carbocycles. The first-order valence-corrected chi connectivity index (χ1v) is 10.2. The second kappa shape index (κ2) is 8.68. The lowest BCUT2D eigenvalue weighted by Gasteiger charge is -2.34. The van der Waals surface area contributed by atoms with Crippen LogP contribution in [0.4, 0.5) is 0 Å². The van der Waals surface area contributed by atoms with Gasteiger partial charge >= 0.3 is 0 Å². The molecule has 3 aromatic rings. The van der Waals surface area contributed by atoms with Gasteiger partial charge in [-0.25, -0.2) is 0 Å². The summed E-state index contributed by atoms with van der Waals surface area (Å²) in [5.41, 5.74) is 0.718. The molecule has 0 bridgehead atoms. The number of rotatable bonds is 6. The van der Waals surface area contributed by atoms with Crippen molar-refractivity contribution in [2.24, 2.45) is 0 Å². The summed E-state index contributed by atoms with van der Waals surface area (Å²) >= 11 is 7.51. The zero-order chi connectivity index (χ0) is 19.3. The number of hydrogen-bond donors (Lipinski definition) is 0. The second-order valence-corrected chi connectivity index (χ2v) is 7.63. The first-order chi connectivity index (χ1) is 13.7. The van der Waals surface area contributed by atoms with E-state index < -0.39 is 0 Å². The van der Waals surface area contributed by atoms with Crippen molar-refractivity contribution in [2.45, 2.75) is 0 Å². The quantitative estimate of drug-likeness (QED) is 0.611. The molecule has 0 spiro atoms. The van der Waals surface area contributed by atoms with Crippen LogP contribution in [-0.4, -0.2) is 75.2 Å². The molecule has 8 nitrogen and oxygen atoms in total. The smallest absolute Gasteiger partial charge is 0.266 e. The molecule has 0 aliphatic carbocycles. The molecule has 28 heavy (non-hydrogen) atoms. The van der Waals surface area contributed by atoms with Crippen molar-refractivity contribution in [2.75, 3.05) is 39.3 Å². The highest BCUT2D eigenvalue weighted by Crippen LogP contribution is 2.24. The fourth-order valence-electron chi connectivity index (χ4n) is 3.08. The molecule has 3 heterocycles. The van der Waals surface area contributed by atoms with E-state index >= 15 is 0 Å². The van der Waals surface area contributed by atoms with E-state index in [1.54, 1.807) is 0 Å². The van der Waals surface area contributed by atoms with E-state index in [1.165, 1.54) is 22.3 Å². The summed E-state index contributed by atoms with van der Waals surface area (Å²) in [6.45, 7) is 4.33. The van der Waals surface area contributed by atoms with Gasteiger partial charge in [0.1, 0.15) is 23.6 Å². The fourth-order valence-corrected chi connectivity index (χ4v) is 4.11. The Hall–Kier alpha value is -2.49. The number of carbonyl (C=O) groups excluding carboxylic acids is 1. The Morgan fingerprint density at radius 3 is 2.75 bits per heavy atom. The largest absolute Gasteiger partial charge is 0.491 e. The van der Waals surface area contributed by atoms with E-state index in [-0.39, 0.29) is 5.91 Å². The summed E-state index contributed by atoms with van der Waals surface area (Å²) < 4.78 is 7.28. The Balaban J connectivity index is 1.28. The summed E-state index contributed by atoms with van der Waals surface area (Å²) in [7, 11) is 0. The minimum absolute atomic E-state index is 0.0208. The fraction of sp³-hybridized carbons (Fsp3) is 0.333. The maximum Gasteiger partial charge on any atom is 0.266 e. The summed E-state index contributed by atoms with van der Waals surface area (Å²) in [5.74, 6) is 0.721. The number of halogens is 1. The monoisotopic (exact) mass is 418 g/mol. The molecule has 1 fully saturated rings. The Kier molecular flexibility index (Phi) is 5.84. The third kappa shape index (κ3) is 4.16. The molecule has 0 N–H and O–H groups in total. The number of tetrazole rings is 1. The predicted molar refractivity (Wildman–Crippen MR) is 106 cm³/mol. The third-order valence-corrected chi connectivity index (χ3v) is 5.80. The molecular weight excluding hydrogens is 400 g/mol. The first kappa shape index (κ1) is 18.9. The molecule has 0 unspecified atom stereocenters. The lowest BCUT2D eigenvalue weighted by Crippen LogP contribution is -2.49. The number of para-hydroxylation sites is 1. The maximum absolute atomic E-state index is 12.9. The molecular formula is C18H19ClN6O2S. The van der Waals surface area contributed by atoms with Crippen LogP contribution in [0.3, 0.4) is 0 Å². The molecule has 1 aliphatic heterocycles. The van der Waals surface area contributed by atoms with Crippen molar-refractivity contribution in [1.82, 2.24) is 30.0 Å². The van der Waals surface area contributed by atoms with E-state index in [0.717, 1.165) is 25.3 Å². The van der Waals surface area contributed by atoms with Crippen LogP contribution >= 0.6 is 22.9 Å². The van der Waals surface area contributed by atoms with E-state index in [4.69, 9.17) is 16.3 Å². The highest BCUT2D eigenvalue weighted by molar-refractivity contribution is 7.12. The zero-order valence-electron chi connectivity index (χ0n) is 15.1. The van der Waals surface area contributed by atoms with Crippen LogP contribution in [-0.2, 0) is 0 Å². The zero-order valence-corrected chi connectivity index (χ0v) is 16.6. The molecule has 0 atom stereocenters.